The molecule has 0 fully saturated rings. The average Bonchev–Trinajstić information content (AvgIpc) is 2.82. The van der Waals surface area contributed by atoms with Crippen LogP contribution in [0.3, 0.4) is 0 Å². The van der Waals surface area contributed by atoms with Gasteiger partial charge in [-0.05, 0) is 53.4 Å². The van der Waals surface area contributed by atoms with E-state index in [2.05, 4.69) is 11.4 Å². The molecule has 0 aromatic heterocycles. The number of carboxylic acids is 2. The molecule has 6 nitrogen and oxygen atoms in total. The van der Waals surface area contributed by atoms with Crippen LogP contribution in [0, 0.1) is 11.8 Å². The maximum absolute atomic E-state index is 12.6. The number of nitrogens with one attached hydrogen (secondary N) is 1. The predicted molar refractivity (Wildman–Crippen MR) is 142 cm³/mol. The van der Waals surface area contributed by atoms with Gasteiger partial charge in [-0.15, -0.1) is 0 Å². The van der Waals surface area contributed by atoms with E-state index in [1.165, 1.54) is 0 Å². The van der Waals surface area contributed by atoms with Crippen molar-refractivity contribution in [3.63, 3.8) is 0 Å². The zero-order chi connectivity index (χ0) is 26.2. The van der Waals surface area contributed by atoms with Crippen LogP contribution in [0.25, 0.3) is 16.8 Å². The summed E-state index contributed by atoms with van der Waals surface area (Å²) in [5, 5.41) is 24.2. The molecule has 3 N–H and O–H groups in total. The molecule has 3 aromatic carbocycles. The number of amides is 1. The molecule has 36 heavy (non-hydrogen) atoms. The first-order valence-electron chi connectivity index (χ1n) is 11.5. The van der Waals surface area contributed by atoms with Gasteiger partial charge in [0.2, 0.25) is 5.91 Å². The van der Waals surface area contributed by atoms with Crippen LogP contribution in [0.4, 0.5) is 0 Å². The molecular formula is C28H27Cl2NO5. The second-order valence-electron chi connectivity index (χ2n) is 8.78. The lowest BCUT2D eigenvalue weighted by Crippen LogP contribution is -2.40. The first-order valence-corrected chi connectivity index (χ1v) is 12.2. The molecule has 0 bridgehead atoms. The Hall–Kier alpha value is -3.35. The molecule has 0 radical (unpaired) electrons. The van der Waals surface area contributed by atoms with Gasteiger partial charge in [0.15, 0.2) is 0 Å². The Balaban J connectivity index is 1.80. The van der Waals surface area contributed by atoms with Crippen LogP contribution < -0.4 is 5.32 Å². The molecule has 1 unspecified atom stereocenters. The van der Waals surface area contributed by atoms with E-state index in [1.54, 1.807) is 12.1 Å². The van der Waals surface area contributed by atoms with Gasteiger partial charge >= 0.3 is 11.9 Å². The van der Waals surface area contributed by atoms with Gasteiger partial charge in [-0.2, -0.15) is 0 Å². The van der Waals surface area contributed by atoms with E-state index in [-0.39, 0.29) is 12.0 Å². The molecule has 3 atom stereocenters. The van der Waals surface area contributed by atoms with Crippen molar-refractivity contribution in [2.24, 2.45) is 11.8 Å². The van der Waals surface area contributed by atoms with E-state index in [0.29, 0.717) is 16.5 Å². The van der Waals surface area contributed by atoms with Crippen LogP contribution in [-0.4, -0.2) is 34.1 Å². The highest BCUT2D eigenvalue weighted by molar-refractivity contribution is 6.42. The summed E-state index contributed by atoms with van der Waals surface area (Å²) in [7, 11) is 0. The van der Waals surface area contributed by atoms with E-state index in [1.807, 2.05) is 61.5 Å². The Bertz CT molecular complexity index is 1290. The predicted octanol–water partition coefficient (Wildman–Crippen LogP) is 6.09. The van der Waals surface area contributed by atoms with Gasteiger partial charge in [-0.25, -0.2) is 0 Å². The van der Waals surface area contributed by atoms with Crippen molar-refractivity contribution >= 4 is 57.9 Å². The smallest absolute Gasteiger partial charge is 0.307 e. The van der Waals surface area contributed by atoms with E-state index in [0.717, 1.165) is 21.9 Å². The summed E-state index contributed by atoms with van der Waals surface area (Å²) < 4.78 is 0. The fraction of sp³-hybridized carbons (Fsp3) is 0.250. The van der Waals surface area contributed by atoms with Crippen molar-refractivity contribution in [2.45, 2.75) is 32.2 Å². The Kier molecular flexibility index (Phi) is 9.51. The summed E-state index contributed by atoms with van der Waals surface area (Å²) in [6.45, 7) is 1.83. The average molecular weight is 528 g/mol. The molecular weight excluding hydrogens is 501 g/mol. The number of fused-ring (bicyclic) bond motifs is 1. The zero-order valence-electron chi connectivity index (χ0n) is 19.7. The monoisotopic (exact) mass is 527 g/mol. The number of halogens is 2. The number of hydrogen-bond donors (Lipinski definition) is 3. The fourth-order valence-corrected chi connectivity index (χ4v) is 4.32. The SMILES string of the molecule is C[C@H](NC(=O)CC(CC(=O)O)C(=O)O)[C@H](/C=C/c1ccc2ccccc2c1)Cc1ccc(Cl)c(Cl)c1. The molecule has 188 valence electrons. The minimum atomic E-state index is -1.32. The molecule has 0 aliphatic heterocycles. The van der Waals surface area contributed by atoms with Crippen molar-refractivity contribution in [3.8, 4) is 0 Å². The van der Waals surface area contributed by atoms with Gasteiger partial charge in [-0.3, -0.25) is 14.4 Å². The maximum atomic E-state index is 12.6. The summed E-state index contributed by atoms with van der Waals surface area (Å²) in [6, 6.07) is 19.2. The summed E-state index contributed by atoms with van der Waals surface area (Å²) in [4.78, 5) is 34.9. The third-order valence-corrected chi connectivity index (χ3v) is 6.74. The fourth-order valence-electron chi connectivity index (χ4n) is 4.00. The van der Waals surface area contributed by atoms with Gasteiger partial charge in [0.25, 0.3) is 0 Å². The second kappa shape index (κ2) is 12.6. The summed E-state index contributed by atoms with van der Waals surface area (Å²) in [6.07, 6.45) is 3.50. The molecule has 3 aromatic rings. The molecule has 0 aliphatic rings. The van der Waals surface area contributed by atoms with Crippen LogP contribution in [0.2, 0.25) is 10.0 Å². The molecule has 0 saturated carbocycles. The van der Waals surface area contributed by atoms with Crippen LogP contribution >= 0.6 is 23.2 Å². The highest BCUT2D eigenvalue weighted by Crippen LogP contribution is 2.26. The Morgan fingerprint density at radius 1 is 0.917 bits per heavy atom. The molecule has 0 spiro atoms. The van der Waals surface area contributed by atoms with E-state index in [9.17, 15) is 19.5 Å². The minimum Gasteiger partial charge on any atom is -0.481 e. The Labute approximate surface area is 219 Å². The minimum absolute atomic E-state index is 0.166. The molecule has 3 rings (SSSR count). The van der Waals surface area contributed by atoms with E-state index >= 15 is 0 Å². The van der Waals surface area contributed by atoms with Crippen LogP contribution in [0.15, 0.2) is 66.7 Å². The van der Waals surface area contributed by atoms with E-state index < -0.39 is 36.6 Å². The van der Waals surface area contributed by atoms with Gasteiger partial charge in [-0.1, -0.05) is 77.8 Å². The Morgan fingerprint density at radius 3 is 2.31 bits per heavy atom. The number of rotatable bonds is 11. The summed E-state index contributed by atoms with van der Waals surface area (Å²) in [5.41, 5.74) is 1.92. The third-order valence-electron chi connectivity index (χ3n) is 6.00. The third kappa shape index (κ3) is 7.83. The first-order chi connectivity index (χ1) is 17.1. The zero-order valence-corrected chi connectivity index (χ0v) is 21.2. The van der Waals surface area contributed by atoms with Crippen molar-refractivity contribution in [1.29, 1.82) is 0 Å². The molecule has 0 saturated heterocycles. The number of aliphatic carboxylic acids is 2. The number of carbonyl (C=O) groups is 3. The van der Waals surface area contributed by atoms with Crippen LogP contribution in [-0.2, 0) is 20.8 Å². The molecule has 8 heteroatoms. The second-order valence-corrected chi connectivity index (χ2v) is 9.59. The normalized spacial score (nSPS) is 13.9. The number of carboxylic acid groups (broad SMARTS) is 2. The van der Waals surface area contributed by atoms with Crippen molar-refractivity contribution in [2.75, 3.05) is 0 Å². The van der Waals surface area contributed by atoms with Crippen LogP contribution in [0.1, 0.15) is 30.9 Å². The number of carbonyl (C=O) groups excluding carboxylic acids is 1. The lowest BCUT2D eigenvalue weighted by molar-refractivity contribution is -0.149. The van der Waals surface area contributed by atoms with Crippen molar-refractivity contribution in [1.82, 2.24) is 5.32 Å². The largest absolute Gasteiger partial charge is 0.481 e. The van der Waals surface area contributed by atoms with Gasteiger partial charge in [0, 0.05) is 18.4 Å². The topological polar surface area (TPSA) is 104 Å². The molecule has 0 aliphatic carbocycles. The van der Waals surface area contributed by atoms with Crippen molar-refractivity contribution in [3.05, 3.63) is 87.9 Å². The highest BCUT2D eigenvalue weighted by atomic mass is 35.5. The number of hydrogen-bond acceptors (Lipinski definition) is 3. The highest BCUT2D eigenvalue weighted by Gasteiger charge is 2.26. The lowest BCUT2D eigenvalue weighted by Gasteiger charge is -2.23. The maximum Gasteiger partial charge on any atom is 0.307 e. The Morgan fingerprint density at radius 2 is 1.64 bits per heavy atom. The standard InChI is InChI=1S/C28H27Cl2NO5/c1-17(31-26(32)15-23(28(35)36)16-27(33)34)21(13-19-8-11-24(29)25(30)14-19)10-7-18-6-9-20-4-2-3-5-22(20)12-18/h2-12,14,17,21,23H,13,15-16H2,1H3,(H,31,32)(H,33,34)(H,35,36)/b10-7+/t17-,21+,23?/m0/s1. The van der Waals surface area contributed by atoms with Gasteiger partial charge < -0.3 is 15.5 Å². The quantitative estimate of drug-likeness (QED) is 0.280. The van der Waals surface area contributed by atoms with E-state index in [4.69, 9.17) is 28.3 Å². The number of benzene rings is 3. The van der Waals surface area contributed by atoms with Crippen LogP contribution in [0.5, 0.6) is 0 Å². The lowest BCUT2D eigenvalue weighted by atomic mass is 9.91. The molecule has 0 heterocycles. The first kappa shape index (κ1) is 27.2. The summed E-state index contributed by atoms with van der Waals surface area (Å²) in [5.74, 6) is -4.56. The molecule has 1 amide bonds. The summed E-state index contributed by atoms with van der Waals surface area (Å²) >= 11 is 12.2. The van der Waals surface area contributed by atoms with Gasteiger partial charge in [0.1, 0.15) is 0 Å². The van der Waals surface area contributed by atoms with Gasteiger partial charge in [0.05, 0.1) is 22.4 Å². The van der Waals surface area contributed by atoms with Crippen molar-refractivity contribution < 1.29 is 24.6 Å².